The first-order chi connectivity index (χ1) is 7.40. The molecule has 1 aromatic rings. The molecular weight excluding hydrogens is 188 g/mol. The van der Waals surface area contributed by atoms with Gasteiger partial charge in [0.1, 0.15) is 6.33 Å². The van der Waals surface area contributed by atoms with E-state index in [1.54, 1.807) is 0 Å². The Morgan fingerprint density at radius 3 is 2.73 bits per heavy atom. The monoisotopic (exact) mass is 208 g/mol. The molecular formula is C11H20N4. The number of hydrogen-bond donors (Lipinski definition) is 1. The lowest BCUT2D eigenvalue weighted by atomic mass is 10.1. The molecule has 4 nitrogen and oxygen atoms in total. The summed E-state index contributed by atoms with van der Waals surface area (Å²) in [6.07, 6.45) is 9.87. The molecule has 0 aromatic carbocycles. The molecule has 0 bridgehead atoms. The van der Waals surface area contributed by atoms with Gasteiger partial charge in [-0.25, -0.2) is 9.67 Å². The van der Waals surface area contributed by atoms with Gasteiger partial charge in [0, 0.05) is 0 Å². The Labute approximate surface area is 91.1 Å². The van der Waals surface area contributed by atoms with Gasteiger partial charge in [-0.2, -0.15) is 5.10 Å². The zero-order valence-electron chi connectivity index (χ0n) is 9.45. The van der Waals surface area contributed by atoms with Crippen molar-refractivity contribution in [1.82, 2.24) is 20.1 Å². The van der Waals surface area contributed by atoms with Crippen LogP contribution < -0.4 is 5.32 Å². The van der Waals surface area contributed by atoms with Crippen molar-refractivity contribution in [2.24, 2.45) is 0 Å². The highest BCUT2D eigenvalue weighted by molar-refractivity contribution is 4.83. The standard InChI is InChI=1S/C11H20N4/c1-12-8-11-13-9-15(14-11)10-6-4-2-3-5-7-10/h9-10,12H,2-8H2,1H3. The summed E-state index contributed by atoms with van der Waals surface area (Å²) in [7, 11) is 1.92. The maximum Gasteiger partial charge on any atom is 0.164 e. The molecule has 0 radical (unpaired) electrons. The topological polar surface area (TPSA) is 42.7 Å². The normalized spacial score (nSPS) is 19.0. The minimum absolute atomic E-state index is 0.589. The second-order valence-electron chi connectivity index (χ2n) is 4.32. The van der Waals surface area contributed by atoms with Gasteiger partial charge in [0.2, 0.25) is 0 Å². The predicted octanol–water partition coefficient (Wildman–Crippen LogP) is 1.89. The highest BCUT2D eigenvalue weighted by Gasteiger charge is 2.15. The maximum atomic E-state index is 4.51. The summed E-state index contributed by atoms with van der Waals surface area (Å²) in [5.41, 5.74) is 0. The largest absolute Gasteiger partial charge is 0.313 e. The van der Waals surface area contributed by atoms with Crippen molar-refractivity contribution in [2.75, 3.05) is 7.05 Å². The molecule has 0 amide bonds. The number of hydrogen-bond acceptors (Lipinski definition) is 3. The quantitative estimate of drug-likeness (QED) is 0.771. The van der Waals surface area contributed by atoms with Crippen LogP contribution in [0.25, 0.3) is 0 Å². The molecule has 1 heterocycles. The van der Waals surface area contributed by atoms with Crippen molar-refractivity contribution in [3.05, 3.63) is 12.2 Å². The molecule has 0 unspecified atom stereocenters. The lowest BCUT2D eigenvalue weighted by molar-refractivity contribution is 0.402. The number of nitrogens with zero attached hydrogens (tertiary/aromatic N) is 3. The molecule has 1 aliphatic carbocycles. The molecule has 15 heavy (non-hydrogen) atoms. The first-order valence-corrected chi connectivity index (χ1v) is 5.95. The Morgan fingerprint density at radius 2 is 2.07 bits per heavy atom. The lowest BCUT2D eigenvalue weighted by Gasteiger charge is -2.13. The minimum Gasteiger partial charge on any atom is -0.313 e. The van der Waals surface area contributed by atoms with Crippen LogP contribution in [0.1, 0.15) is 50.4 Å². The van der Waals surface area contributed by atoms with Crippen molar-refractivity contribution in [3.8, 4) is 0 Å². The van der Waals surface area contributed by atoms with Gasteiger partial charge in [0.15, 0.2) is 5.82 Å². The van der Waals surface area contributed by atoms with Crippen LogP contribution >= 0.6 is 0 Å². The van der Waals surface area contributed by atoms with Crippen LogP contribution in [-0.4, -0.2) is 21.8 Å². The molecule has 0 aliphatic heterocycles. The average Bonchev–Trinajstić information content (AvgIpc) is 2.53. The van der Waals surface area contributed by atoms with E-state index in [9.17, 15) is 0 Å². The summed E-state index contributed by atoms with van der Waals surface area (Å²) in [4.78, 5) is 4.30. The second-order valence-corrected chi connectivity index (χ2v) is 4.32. The van der Waals surface area contributed by atoms with E-state index in [1.807, 2.05) is 13.4 Å². The smallest absolute Gasteiger partial charge is 0.164 e. The van der Waals surface area contributed by atoms with Gasteiger partial charge in [-0.1, -0.05) is 25.7 Å². The molecule has 0 saturated heterocycles. The van der Waals surface area contributed by atoms with Crippen LogP contribution in [0.2, 0.25) is 0 Å². The Hall–Kier alpha value is -0.900. The molecule has 1 N–H and O–H groups in total. The molecule has 0 spiro atoms. The van der Waals surface area contributed by atoms with E-state index < -0.39 is 0 Å². The summed E-state index contributed by atoms with van der Waals surface area (Å²) >= 11 is 0. The van der Waals surface area contributed by atoms with Gasteiger partial charge in [-0.05, 0) is 19.9 Å². The van der Waals surface area contributed by atoms with Gasteiger partial charge in [-0.15, -0.1) is 0 Å². The van der Waals surface area contributed by atoms with Crippen LogP contribution in [0.4, 0.5) is 0 Å². The number of rotatable bonds is 3. The van der Waals surface area contributed by atoms with Crippen molar-refractivity contribution in [1.29, 1.82) is 0 Å². The lowest BCUT2D eigenvalue weighted by Crippen LogP contribution is -2.11. The Balaban J connectivity index is 2.00. The molecule has 1 aromatic heterocycles. The summed E-state index contributed by atoms with van der Waals surface area (Å²) in [6.45, 7) is 0.764. The van der Waals surface area contributed by atoms with Crippen molar-refractivity contribution >= 4 is 0 Å². The van der Waals surface area contributed by atoms with E-state index in [2.05, 4.69) is 20.1 Å². The van der Waals surface area contributed by atoms with E-state index in [0.29, 0.717) is 6.04 Å². The molecule has 2 rings (SSSR count). The minimum atomic E-state index is 0.589. The van der Waals surface area contributed by atoms with Gasteiger partial charge in [0.25, 0.3) is 0 Å². The third-order valence-corrected chi connectivity index (χ3v) is 3.09. The fraction of sp³-hybridized carbons (Fsp3) is 0.818. The molecule has 1 saturated carbocycles. The SMILES string of the molecule is CNCc1ncn(C2CCCCCC2)n1. The van der Waals surface area contributed by atoms with Crippen LogP contribution in [0.15, 0.2) is 6.33 Å². The molecule has 1 fully saturated rings. The predicted molar refractivity (Wildman–Crippen MR) is 59.5 cm³/mol. The van der Waals surface area contributed by atoms with Gasteiger partial charge < -0.3 is 5.32 Å². The summed E-state index contributed by atoms with van der Waals surface area (Å²) < 4.78 is 2.07. The Bertz CT molecular complexity index is 287. The van der Waals surface area contributed by atoms with Crippen LogP contribution in [0, 0.1) is 0 Å². The van der Waals surface area contributed by atoms with Crippen LogP contribution in [0.3, 0.4) is 0 Å². The van der Waals surface area contributed by atoms with Crippen LogP contribution in [0.5, 0.6) is 0 Å². The van der Waals surface area contributed by atoms with E-state index in [4.69, 9.17) is 0 Å². The fourth-order valence-electron chi connectivity index (χ4n) is 2.25. The van der Waals surface area contributed by atoms with E-state index >= 15 is 0 Å². The van der Waals surface area contributed by atoms with Crippen LogP contribution in [-0.2, 0) is 6.54 Å². The second kappa shape index (κ2) is 5.26. The fourth-order valence-corrected chi connectivity index (χ4v) is 2.25. The molecule has 84 valence electrons. The van der Waals surface area contributed by atoms with Gasteiger partial charge >= 0.3 is 0 Å². The first kappa shape index (κ1) is 10.6. The number of aromatic nitrogens is 3. The average molecular weight is 208 g/mol. The Morgan fingerprint density at radius 1 is 1.33 bits per heavy atom. The summed E-state index contributed by atoms with van der Waals surface area (Å²) in [5, 5.41) is 7.58. The van der Waals surface area contributed by atoms with E-state index in [0.717, 1.165) is 12.4 Å². The van der Waals surface area contributed by atoms with E-state index in [-0.39, 0.29) is 0 Å². The third kappa shape index (κ3) is 2.78. The van der Waals surface area contributed by atoms with E-state index in [1.165, 1.54) is 38.5 Å². The van der Waals surface area contributed by atoms with Gasteiger partial charge in [-0.3, -0.25) is 0 Å². The zero-order valence-corrected chi connectivity index (χ0v) is 9.45. The first-order valence-electron chi connectivity index (χ1n) is 5.95. The van der Waals surface area contributed by atoms with Crippen molar-refractivity contribution < 1.29 is 0 Å². The van der Waals surface area contributed by atoms with Gasteiger partial charge in [0.05, 0.1) is 12.6 Å². The summed E-state index contributed by atoms with van der Waals surface area (Å²) in [6, 6.07) is 0.589. The maximum absolute atomic E-state index is 4.51. The highest BCUT2D eigenvalue weighted by atomic mass is 15.3. The van der Waals surface area contributed by atoms with Crippen molar-refractivity contribution in [3.63, 3.8) is 0 Å². The molecule has 4 heteroatoms. The third-order valence-electron chi connectivity index (χ3n) is 3.09. The number of nitrogens with one attached hydrogen (secondary N) is 1. The Kier molecular flexibility index (Phi) is 3.72. The summed E-state index contributed by atoms with van der Waals surface area (Å²) in [5.74, 6) is 0.904. The molecule has 1 aliphatic rings. The zero-order chi connectivity index (χ0) is 10.5. The highest BCUT2D eigenvalue weighted by Crippen LogP contribution is 2.25. The molecule has 0 atom stereocenters. The van der Waals surface area contributed by atoms with Crippen molar-refractivity contribution in [2.45, 2.75) is 51.1 Å².